The monoisotopic (exact) mass is 406 g/mol. The van der Waals surface area contributed by atoms with Crippen LogP contribution in [0.3, 0.4) is 0 Å². The third-order valence-electron chi connectivity index (χ3n) is 7.07. The van der Waals surface area contributed by atoms with Gasteiger partial charge in [0.2, 0.25) is 0 Å². The number of hydrogen-bond donors (Lipinski definition) is 0. The predicted octanol–water partition coefficient (Wildman–Crippen LogP) is 3.82. The summed E-state index contributed by atoms with van der Waals surface area (Å²) in [6.07, 6.45) is 6.02. The predicted molar refractivity (Wildman–Crippen MR) is 107 cm³/mol. The first kappa shape index (κ1) is 21.8. The number of ether oxygens (including phenoxy) is 3. The highest BCUT2D eigenvalue weighted by atomic mass is 16.6. The molecule has 0 heterocycles. The lowest BCUT2D eigenvalue weighted by Gasteiger charge is -2.61. The van der Waals surface area contributed by atoms with Crippen LogP contribution in [0.15, 0.2) is 12.2 Å². The van der Waals surface area contributed by atoms with Gasteiger partial charge in [0.25, 0.3) is 0 Å². The maximum absolute atomic E-state index is 12.6. The Labute approximate surface area is 173 Å². The van der Waals surface area contributed by atoms with Gasteiger partial charge in [-0.1, -0.05) is 20.4 Å². The van der Waals surface area contributed by atoms with Crippen molar-refractivity contribution in [3.05, 3.63) is 12.2 Å². The molecule has 0 aromatic carbocycles. The molecular formula is C23H34O6. The van der Waals surface area contributed by atoms with Gasteiger partial charge in [0.05, 0.1) is 12.8 Å². The fourth-order valence-electron chi connectivity index (χ4n) is 6.09. The molecule has 4 fully saturated rings. The highest BCUT2D eigenvalue weighted by Gasteiger charge is 2.60. The lowest BCUT2D eigenvalue weighted by Crippen LogP contribution is -2.62. The molecule has 0 aliphatic heterocycles. The minimum Gasteiger partial charge on any atom is -0.462 e. The first-order chi connectivity index (χ1) is 13.7. The molecule has 0 radical (unpaired) electrons. The average molecular weight is 407 g/mol. The van der Waals surface area contributed by atoms with Gasteiger partial charge in [0.15, 0.2) is 0 Å². The molecule has 0 unspecified atom stereocenters. The molecule has 29 heavy (non-hydrogen) atoms. The summed E-state index contributed by atoms with van der Waals surface area (Å²) >= 11 is 0. The van der Waals surface area contributed by atoms with Crippen LogP contribution in [-0.2, 0) is 28.6 Å². The molecule has 162 valence electrons. The molecule has 4 bridgehead atoms. The second-order valence-electron chi connectivity index (χ2n) is 9.42. The van der Waals surface area contributed by atoms with Crippen molar-refractivity contribution in [3.8, 4) is 0 Å². The van der Waals surface area contributed by atoms with Gasteiger partial charge >= 0.3 is 17.9 Å². The van der Waals surface area contributed by atoms with Gasteiger partial charge in [-0.3, -0.25) is 9.59 Å². The van der Waals surface area contributed by atoms with Gasteiger partial charge in [-0.05, 0) is 68.6 Å². The second kappa shape index (κ2) is 8.88. The molecule has 4 aliphatic rings. The van der Waals surface area contributed by atoms with Gasteiger partial charge in [0, 0.05) is 5.57 Å². The van der Waals surface area contributed by atoms with E-state index in [1.165, 1.54) is 32.1 Å². The van der Waals surface area contributed by atoms with E-state index in [1.807, 2.05) is 0 Å². The van der Waals surface area contributed by atoms with E-state index >= 15 is 0 Å². The van der Waals surface area contributed by atoms with E-state index in [0.29, 0.717) is 17.4 Å². The summed E-state index contributed by atoms with van der Waals surface area (Å²) in [5, 5.41) is 0. The fraction of sp³-hybridized carbons (Fsp3) is 0.783. The number of hydrogen-bond acceptors (Lipinski definition) is 6. The van der Waals surface area contributed by atoms with Crippen molar-refractivity contribution in [2.75, 3.05) is 13.2 Å². The van der Waals surface area contributed by atoms with Crippen LogP contribution in [0.25, 0.3) is 0 Å². The van der Waals surface area contributed by atoms with Crippen molar-refractivity contribution in [2.45, 2.75) is 71.3 Å². The standard InChI is InChI=1S/C23H34O6/c1-14(2)22(26)28-8-7-27-20(24)5-6-21(25)29-23(15(3)4)18-10-16-9-17(12-18)13-19(23)11-16/h15-19H,1,5-13H2,2-4H3. The highest BCUT2D eigenvalue weighted by Crippen LogP contribution is 2.61. The summed E-state index contributed by atoms with van der Waals surface area (Å²) in [5.41, 5.74) is -0.0755. The third-order valence-corrected chi connectivity index (χ3v) is 7.07. The zero-order chi connectivity index (χ0) is 21.2. The van der Waals surface area contributed by atoms with Gasteiger partial charge in [-0.25, -0.2) is 4.79 Å². The third kappa shape index (κ3) is 4.67. The molecule has 0 aromatic heterocycles. The van der Waals surface area contributed by atoms with Crippen molar-refractivity contribution in [3.63, 3.8) is 0 Å². The maximum Gasteiger partial charge on any atom is 0.333 e. The van der Waals surface area contributed by atoms with Crippen molar-refractivity contribution in [1.82, 2.24) is 0 Å². The molecule has 0 N–H and O–H groups in total. The van der Waals surface area contributed by atoms with Crippen LogP contribution in [0.1, 0.15) is 65.7 Å². The van der Waals surface area contributed by atoms with Crippen LogP contribution in [0.2, 0.25) is 0 Å². The Morgan fingerprint density at radius 2 is 1.41 bits per heavy atom. The van der Waals surface area contributed by atoms with E-state index in [2.05, 4.69) is 20.4 Å². The Bertz CT molecular complexity index is 636. The molecule has 4 saturated carbocycles. The van der Waals surface area contributed by atoms with Crippen LogP contribution >= 0.6 is 0 Å². The molecule has 4 aliphatic carbocycles. The molecule has 6 heteroatoms. The van der Waals surface area contributed by atoms with Crippen LogP contribution in [0.4, 0.5) is 0 Å². The number of carbonyl (C=O) groups is 3. The molecule has 0 saturated heterocycles. The Morgan fingerprint density at radius 1 is 0.897 bits per heavy atom. The van der Waals surface area contributed by atoms with E-state index < -0.39 is 11.9 Å². The summed E-state index contributed by atoms with van der Waals surface area (Å²) in [5.74, 6) is 1.48. The van der Waals surface area contributed by atoms with Crippen LogP contribution in [-0.4, -0.2) is 36.7 Å². The van der Waals surface area contributed by atoms with E-state index in [9.17, 15) is 14.4 Å². The zero-order valence-corrected chi connectivity index (χ0v) is 17.9. The van der Waals surface area contributed by atoms with Gasteiger partial charge < -0.3 is 14.2 Å². The van der Waals surface area contributed by atoms with E-state index in [-0.39, 0.29) is 43.5 Å². The van der Waals surface area contributed by atoms with Crippen LogP contribution in [0, 0.1) is 29.6 Å². The quantitative estimate of drug-likeness (QED) is 0.251. The zero-order valence-electron chi connectivity index (χ0n) is 17.9. The van der Waals surface area contributed by atoms with Gasteiger partial charge in [0.1, 0.15) is 18.8 Å². The molecule has 0 amide bonds. The van der Waals surface area contributed by atoms with E-state index in [1.54, 1.807) is 6.92 Å². The SMILES string of the molecule is C=C(C)C(=O)OCCOC(=O)CCC(=O)OC1(C(C)C)C2CC3CC(C2)CC1C3. The summed E-state index contributed by atoms with van der Waals surface area (Å²) in [6.45, 7) is 9.30. The summed E-state index contributed by atoms with van der Waals surface area (Å²) in [6, 6.07) is 0. The molecule has 0 atom stereocenters. The lowest BCUT2D eigenvalue weighted by molar-refractivity contribution is -0.225. The number of esters is 3. The largest absolute Gasteiger partial charge is 0.462 e. The minimum absolute atomic E-state index is 0.0190. The van der Waals surface area contributed by atoms with Gasteiger partial charge in [-0.15, -0.1) is 0 Å². The first-order valence-corrected chi connectivity index (χ1v) is 10.9. The number of rotatable bonds is 9. The van der Waals surface area contributed by atoms with Crippen LogP contribution in [0.5, 0.6) is 0 Å². The topological polar surface area (TPSA) is 78.9 Å². The average Bonchev–Trinajstić information content (AvgIpc) is 2.65. The molecule has 6 nitrogen and oxygen atoms in total. The first-order valence-electron chi connectivity index (χ1n) is 10.9. The van der Waals surface area contributed by atoms with E-state index in [4.69, 9.17) is 14.2 Å². The lowest BCUT2D eigenvalue weighted by atomic mass is 9.47. The molecule has 0 aromatic rings. The molecule has 0 spiro atoms. The summed E-state index contributed by atoms with van der Waals surface area (Å²) in [7, 11) is 0. The van der Waals surface area contributed by atoms with E-state index in [0.717, 1.165) is 11.8 Å². The summed E-state index contributed by atoms with van der Waals surface area (Å²) < 4.78 is 16.1. The highest BCUT2D eigenvalue weighted by molar-refractivity contribution is 5.86. The van der Waals surface area contributed by atoms with Gasteiger partial charge in [-0.2, -0.15) is 0 Å². The van der Waals surface area contributed by atoms with Crippen molar-refractivity contribution in [2.24, 2.45) is 29.6 Å². The Kier molecular flexibility index (Phi) is 6.69. The minimum atomic E-state index is -0.515. The Balaban J connectivity index is 1.45. The van der Waals surface area contributed by atoms with Crippen LogP contribution < -0.4 is 0 Å². The Morgan fingerprint density at radius 3 is 1.93 bits per heavy atom. The number of carbonyl (C=O) groups excluding carboxylic acids is 3. The normalized spacial score (nSPS) is 32.1. The van der Waals surface area contributed by atoms with Crippen molar-refractivity contribution < 1.29 is 28.6 Å². The molecular weight excluding hydrogens is 372 g/mol. The molecule has 4 rings (SSSR count). The Hall–Kier alpha value is -1.85. The second-order valence-corrected chi connectivity index (χ2v) is 9.42. The fourth-order valence-corrected chi connectivity index (χ4v) is 6.09. The van der Waals surface area contributed by atoms with Crippen molar-refractivity contribution >= 4 is 17.9 Å². The van der Waals surface area contributed by atoms with Crippen molar-refractivity contribution in [1.29, 1.82) is 0 Å². The summed E-state index contributed by atoms with van der Waals surface area (Å²) in [4.78, 5) is 35.8. The maximum atomic E-state index is 12.6. The smallest absolute Gasteiger partial charge is 0.333 e.